The Morgan fingerprint density at radius 3 is 2.62 bits per heavy atom. The van der Waals surface area contributed by atoms with E-state index in [1.807, 2.05) is 0 Å². The monoisotopic (exact) mass is 178 g/mol. The maximum Gasteiger partial charge on any atom is -0.0205 e. The maximum absolute atomic E-state index is 2.46. The molecule has 0 aliphatic heterocycles. The molecule has 0 spiro atoms. The maximum atomic E-state index is 2.46. The first-order chi connectivity index (χ1) is 6.36. The van der Waals surface area contributed by atoms with Crippen LogP contribution in [0.2, 0.25) is 0 Å². The van der Waals surface area contributed by atoms with Gasteiger partial charge < -0.3 is 0 Å². The van der Waals surface area contributed by atoms with E-state index in [0.29, 0.717) is 0 Å². The van der Waals surface area contributed by atoms with Crippen molar-refractivity contribution in [1.82, 2.24) is 0 Å². The van der Waals surface area contributed by atoms with Crippen LogP contribution in [0.15, 0.2) is 12.2 Å². The lowest BCUT2D eigenvalue weighted by molar-refractivity contribution is 0.326. The van der Waals surface area contributed by atoms with Gasteiger partial charge in [0.25, 0.3) is 0 Å². The molecule has 0 aromatic carbocycles. The summed E-state index contributed by atoms with van der Waals surface area (Å²) < 4.78 is 0. The fourth-order valence-electron chi connectivity index (χ4n) is 3.08. The smallest absolute Gasteiger partial charge is 0.0205 e. The van der Waals surface area contributed by atoms with E-state index in [1.165, 1.54) is 44.9 Å². The molecule has 2 atom stereocenters. The highest BCUT2D eigenvalue weighted by atomic mass is 14.3. The van der Waals surface area contributed by atoms with Crippen LogP contribution in [0.25, 0.3) is 0 Å². The standard InChI is InChI=1S/C13H22/c1-11(13-8-4-5-9-13)10-12-6-2-3-7-12/h4,8,11-13H,2-3,5-7,9-10H2,1H3. The summed E-state index contributed by atoms with van der Waals surface area (Å²) >= 11 is 0. The van der Waals surface area contributed by atoms with Crippen molar-refractivity contribution in [2.24, 2.45) is 17.8 Å². The second-order valence-electron chi connectivity index (χ2n) is 5.03. The average Bonchev–Trinajstić information content (AvgIpc) is 2.74. The lowest BCUT2D eigenvalue weighted by atomic mass is 9.85. The first kappa shape index (κ1) is 9.30. The van der Waals surface area contributed by atoms with Crippen molar-refractivity contribution >= 4 is 0 Å². The lowest BCUT2D eigenvalue weighted by Gasteiger charge is -2.21. The van der Waals surface area contributed by atoms with Crippen LogP contribution in [-0.2, 0) is 0 Å². The molecule has 0 saturated heterocycles. The highest BCUT2D eigenvalue weighted by Gasteiger charge is 2.22. The van der Waals surface area contributed by atoms with Crippen LogP contribution in [0.3, 0.4) is 0 Å². The molecule has 74 valence electrons. The fraction of sp³-hybridized carbons (Fsp3) is 0.846. The SMILES string of the molecule is CC(CC1CCCC1)C1C=CCC1. The van der Waals surface area contributed by atoms with Gasteiger partial charge in [-0.3, -0.25) is 0 Å². The number of hydrogen-bond donors (Lipinski definition) is 0. The van der Waals surface area contributed by atoms with Gasteiger partial charge in [0, 0.05) is 0 Å². The van der Waals surface area contributed by atoms with Crippen molar-refractivity contribution in [3.05, 3.63) is 12.2 Å². The summed E-state index contributed by atoms with van der Waals surface area (Å²) in [7, 11) is 0. The van der Waals surface area contributed by atoms with Gasteiger partial charge in [-0.1, -0.05) is 44.8 Å². The molecule has 2 aliphatic carbocycles. The summed E-state index contributed by atoms with van der Waals surface area (Å²) in [4.78, 5) is 0. The molecule has 2 rings (SSSR count). The van der Waals surface area contributed by atoms with Crippen molar-refractivity contribution < 1.29 is 0 Å². The molecule has 0 heterocycles. The molecule has 1 saturated carbocycles. The summed E-state index contributed by atoms with van der Waals surface area (Å²) in [6.45, 7) is 2.46. The second-order valence-corrected chi connectivity index (χ2v) is 5.03. The van der Waals surface area contributed by atoms with E-state index in [1.54, 1.807) is 0 Å². The summed E-state index contributed by atoms with van der Waals surface area (Å²) in [6.07, 6.45) is 15.1. The molecule has 2 aliphatic rings. The van der Waals surface area contributed by atoms with E-state index >= 15 is 0 Å². The van der Waals surface area contributed by atoms with Gasteiger partial charge in [-0.25, -0.2) is 0 Å². The van der Waals surface area contributed by atoms with Gasteiger partial charge in [-0.05, 0) is 37.0 Å². The summed E-state index contributed by atoms with van der Waals surface area (Å²) in [5.74, 6) is 2.94. The zero-order chi connectivity index (χ0) is 9.10. The van der Waals surface area contributed by atoms with Crippen molar-refractivity contribution in [1.29, 1.82) is 0 Å². The molecule has 0 radical (unpaired) electrons. The third kappa shape index (κ3) is 2.36. The third-order valence-corrected chi connectivity index (χ3v) is 3.96. The predicted octanol–water partition coefficient (Wildman–Crippen LogP) is 4.17. The Labute approximate surface area is 82.4 Å². The Balaban J connectivity index is 1.76. The number of allylic oxidation sites excluding steroid dienone is 2. The van der Waals surface area contributed by atoms with Crippen molar-refractivity contribution in [2.45, 2.75) is 51.9 Å². The Morgan fingerprint density at radius 2 is 2.00 bits per heavy atom. The quantitative estimate of drug-likeness (QED) is 0.569. The molecule has 0 bridgehead atoms. The van der Waals surface area contributed by atoms with Gasteiger partial charge in [-0.15, -0.1) is 0 Å². The van der Waals surface area contributed by atoms with Crippen LogP contribution < -0.4 is 0 Å². The van der Waals surface area contributed by atoms with Gasteiger partial charge >= 0.3 is 0 Å². The molecule has 13 heavy (non-hydrogen) atoms. The highest BCUT2D eigenvalue weighted by molar-refractivity contribution is 4.98. The molecular weight excluding hydrogens is 156 g/mol. The van der Waals surface area contributed by atoms with Gasteiger partial charge in [0.05, 0.1) is 0 Å². The largest absolute Gasteiger partial charge is 0.0882 e. The van der Waals surface area contributed by atoms with Crippen LogP contribution in [0.5, 0.6) is 0 Å². The van der Waals surface area contributed by atoms with Crippen molar-refractivity contribution in [3.8, 4) is 0 Å². The van der Waals surface area contributed by atoms with Crippen LogP contribution >= 0.6 is 0 Å². The van der Waals surface area contributed by atoms with Crippen LogP contribution in [-0.4, -0.2) is 0 Å². The summed E-state index contributed by atoms with van der Waals surface area (Å²) in [6, 6.07) is 0. The normalized spacial score (nSPS) is 31.3. The van der Waals surface area contributed by atoms with Crippen molar-refractivity contribution in [2.75, 3.05) is 0 Å². The van der Waals surface area contributed by atoms with Crippen molar-refractivity contribution in [3.63, 3.8) is 0 Å². The Kier molecular flexibility index (Phi) is 3.08. The Morgan fingerprint density at radius 1 is 1.23 bits per heavy atom. The van der Waals surface area contributed by atoms with Crippen LogP contribution in [0.1, 0.15) is 51.9 Å². The van der Waals surface area contributed by atoms with E-state index < -0.39 is 0 Å². The summed E-state index contributed by atoms with van der Waals surface area (Å²) in [5, 5.41) is 0. The second kappa shape index (κ2) is 4.30. The molecular formula is C13H22. The van der Waals surface area contributed by atoms with Gasteiger partial charge in [0.15, 0.2) is 0 Å². The van der Waals surface area contributed by atoms with E-state index in [9.17, 15) is 0 Å². The van der Waals surface area contributed by atoms with Crippen LogP contribution in [0, 0.1) is 17.8 Å². The minimum Gasteiger partial charge on any atom is -0.0882 e. The summed E-state index contributed by atoms with van der Waals surface area (Å²) in [5.41, 5.74) is 0. The lowest BCUT2D eigenvalue weighted by Crippen LogP contribution is -2.10. The van der Waals surface area contributed by atoms with Gasteiger partial charge in [-0.2, -0.15) is 0 Å². The van der Waals surface area contributed by atoms with E-state index in [-0.39, 0.29) is 0 Å². The number of rotatable bonds is 3. The van der Waals surface area contributed by atoms with E-state index in [0.717, 1.165) is 17.8 Å². The van der Waals surface area contributed by atoms with E-state index in [2.05, 4.69) is 19.1 Å². The molecule has 0 aromatic rings. The molecule has 0 aromatic heterocycles. The predicted molar refractivity (Wildman–Crippen MR) is 57.6 cm³/mol. The fourth-order valence-corrected chi connectivity index (χ4v) is 3.08. The molecule has 0 N–H and O–H groups in total. The molecule has 0 nitrogen and oxygen atoms in total. The number of hydrogen-bond acceptors (Lipinski definition) is 0. The topological polar surface area (TPSA) is 0 Å². The van der Waals surface area contributed by atoms with Crippen LogP contribution in [0.4, 0.5) is 0 Å². The minimum absolute atomic E-state index is 0.917. The zero-order valence-corrected chi connectivity index (χ0v) is 8.84. The molecule has 0 heteroatoms. The van der Waals surface area contributed by atoms with E-state index in [4.69, 9.17) is 0 Å². The highest BCUT2D eigenvalue weighted by Crippen LogP contribution is 2.35. The zero-order valence-electron chi connectivity index (χ0n) is 8.84. The molecule has 2 unspecified atom stereocenters. The average molecular weight is 178 g/mol. The first-order valence-electron chi connectivity index (χ1n) is 6.03. The minimum atomic E-state index is 0.917. The molecule has 0 amide bonds. The van der Waals surface area contributed by atoms with Gasteiger partial charge in [0.2, 0.25) is 0 Å². The third-order valence-electron chi connectivity index (χ3n) is 3.96. The Hall–Kier alpha value is -0.260. The first-order valence-corrected chi connectivity index (χ1v) is 6.03. The molecule has 1 fully saturated rings. The van der Waals surface area contributed by atoms with Gasteiger partial charge in [0.1, 0.15) is 0 Å². The Bertz CT molecular complexity index is 174.